The summed E-state index contributed by atoms with van der Waals surface area (Å²) >= 11 is 1.20. The smallest absolute Gasteiger partial charge is 0.264 e. The van der Waals surface area contributed by atoms with E-state index in [-0.39, 0.29) is 140 Å². The van der Waals surface area contributed by atoms with Gasteiger partial charge < -0.3 is 14.7 Å². The summed E-state index contributed by atoms with van der Waals surface area (Å²) in [6, 6.07) is -1.20. The first kappa shape index (κ1) is 29.0. The largest absolute Gasteiger partial charge is 0.334 e. The van der Waals surface area contributed by atoms with E-state index in [2.05, 4.69) is 13.8 Å². The topological polar surface area (TPSA) is 9.72 Å². The van der Waals surface area contributed by atoms with Gasteiger partial charge in [0.05, 0.1) is 34.5 Å². The summed E-state index contributed by atoms with van der Waals surface area (Å²) < 4.78 is 170. The Morgan fingerprint density at radius 2 is 1.13 bits per heavy atom. The third kappa shape index (κ3) is 6.35. The maximum absolute atomic E-state index is 10.6. The molecular formula is C63H70BN3S. The molecule has 0 bridgehead atoms. The van der Waals surface area contributed by atoms with Crippen molar-refractivity contribution >= 4 is 89.3 Å². The minimum Gasteiger partial charge on any atom is -0.334 e. The van der Waals surface area contributed by atoms with E-state index in [4.69, 9.17) is 1.37 Å². The molecule has 7 aromatic rings. The summed E-state index contributed by atoms with van der Waals surface area (Å²) in [5.74, 6) is 0. The fourth-order valence-corrected chi connectivity index (χ4v) is 13.2. The highest BCUT2D eigenvalue weighted by molar-refractivity contribution is 7.33. The molecule has 6 aromatic carbocycles. The normalized spacial score (nSPS) is 24.9. The molecule has 5 heteroatoms. The molecule has 3 nitrogen and oxygen atoms in total. The second-order valence-corrected chi connectivity index (χ2v) is 25.4. The minimum absolute atomic E-state index is 0.00497. The van der Waals surface area contributed by atoms with Crippen LogP contribution in [0.15, 0.2) is 115 Å². The molecule has 2 aliphatic carbocycles. The fourth-order valence-electron chi connectivity index (χ4n) is 11.9. The van der Waals surface area contributed by atoms with Gasteiger partial charge in [-0.25, -0.2) is 0 Å². The monoisotopic (exact) mass is 929 g/mol. The number of anilines is 8. The molecule has 68 heavy (non-hydrogen) atoms. The van der Waals surface area contributed by atoms with Gasteiger partial charge in [-0.2, -0.15) is 0 Å². The molecule has 1 aromatic heterocycles. The first-order chi connectivity index (χ1) is 39.2. The van der Waals surface area contributed by atoms with Crippen molar-refractivity contribution in [1.29, 1.82) is 0 Å². The molecule has 0 N–H and O–H groups in total. The van der Waals surface area contributed by atoms with Gasteiger partial charge in [-0.15, -0.1) is 11.3 Å². The fraction of sp³-hybridized carbons (Fsp3) is 0.397. The number of nitrogens with zero attached hydrogens (tertiary/aromatic N) is 3. The summed E-state index contributed by atoms with van der Waals surface area (Å²) in [7, 11) is 0. The lowest BCUT2D eigenvalue weighted by Gasteiger charge is -2.51. The van der Waals surface area contributed by atoms with E-state index in [0.29, 0.717) is 68.4 Å². The van der Waals surface area contributed by atoms with Gasteiger partial charge in [0.2, 0.25) is 0 Å². The van der Waals surface area contributed by atoms with Crippen molar-refractivity contribution in [1.82, 2.24) is 0 Å². The molecule has 1 fully saturated rings. The molecule has 12 rings (SSSR count). The van der Waals surface area contributed by atoms with Gasteiger partial charge in [-0.3, -0.25) is 0 Å². The Labute approximate surface area is 435 Å². The summed E-state index contributed by atoms with van der Waals surface area (Å²) in [5.41, 5.74) is -1.53. The van der Waals surface area contributed by atoms with Crippen molar-refractivity contribution in [2.75, 3.05) is 14.7 Å². The highest BCUT2D eigenvalue weighted by Crippen LogP contribution is 2.62. The zero-order valence-corrected chi connectivity index (χ0v) is 42.5. The summed E-state index contributed by atoms with van der Waals surface area (Å²) in [6.07, 6.45) is 3.53. The van der Waals surface area contributed by atoms with Crippen LogP contribution in [0, 0.1) is 5.41 Å². The van der Waals surface area contributed by atoms with E-state index in [1.165, 1.54) is 16.2 Å². The molecule has 2 atom stereocenters. The van der Waals surface area contributed by atoms with Crippen LogP contribution in [0.4, 0.5) is 45.5 Å². The molecule has 3 aliphatic heterocycles. The van der Waals surface area contributed by atoms with E-state index in [1.54, 1.807) is 37.8 Å². The molecular weight excluding hydrogens is 842 g/mol. The number of fused-ring (bicyclic) bond motifs is 10. The third-order valence-corrected chi connectivity index (χ3v) is 16.9. The number of benzene rings is 6. The molecule has 2 unspecified atom stereocenters. The van der Waals surface area contributed by atoms with Crippen LogP contribution in [-0.4, -0.2) is 12.3 Å². The number of para-hydroxylation sites is 1. The van der Waals surface area contributed by atoms with Gasteiger partial charge in [0.1, 0.15) is 0 Å². The number of thiophene rings is 1. The lowest BCUT2D eigenvalue weighted by Crippen LogP contribution is -2.60. The maximum atomic E-state index is 10.6. The predicted molar refractivity (Wildman–Crippen MR) is 296 cm³/mol. The zero-order chi connectivity index (χ0) is 62.5. The molecule has 0 spiro atoms. The summed E-state index contributed by atoms with van der Waals surface area (Å²) in [4.78, 5) is 5.10. The Bertz CT molecular complexity index is 4170. The van der Waals surface area contributed by atoms with Gasteiger partial charge in [-0.05, 0) is 159 Å². The summed E-state index contributed by atoms with van der Waals surface area (Å²) in [5, 5.41) is 0.305. The predicted octanol–water partition coefficient (Wildman–Crippen LogP) is 15.7. The van der Waals surface area contributed by atoms with Crippen molar-refractivity contribution in [3.05, 3.63) is 148 Å². The molecule has 0 saturated heterocycles. The van der Waals surface area contributed by atoms with Gasteiger partial charge in [0.25, 0.3) is 6.71 Å². The standard InChI is InChI=1S/C63H70BN3S/c1-58(2,3)41-20-25-44(26-21-41)65-51-34-43(60(7,8)9)24-29-49(51)64-55-52(65)35-46(67-50-19-15-14-18-48(50)62(12)30-16-17-31-63(62,67)13)36-53(55)66(45-27-22-42(23-28-45)59(4,5)6)56-47-32-39-37-61(10,11)38-40(39)33-54(47)68-57(56)64/h14-15,18-29,32-36H,16-17,30-31,37-38H2,1-13H3/i14D,15D,18D,19D,20D,21D,22D,23D,24D,25D,26D,27D,28D,29D,32D,33D,34D. The van der Waals surface area contributed by atoms with Gasteiger partial charge in [0, 0.05) is 60.1 Å². The van der Waals surface area contributed by atoms with Crippen LogP contribution in [0.25, 0.3) is 10.1 Å². The van der Waals surface area contributed by atoms with E-state index < -0.39 is 64.1 Å². The Kier molecular flexibility index (Phi) is 6.16. The van der Waals surface area contributed by atoms with E-state index in [1.807, 2.05) is 60.3 Å². The average Bonchev–Trinajstić information content (AvgIpc) is 1.66. The Hall–Kier alpha value is -5.26. The van der Waals surface area contributed by atoms with Crippen LogP contribution in [0.5, 0.6) is 0 Å². The molecule has 1 saturated carbocycles. The van der Waals surface area contributed by atoms with Gasteiger partial charge >= 0.3 is 0 Å². The lowest BCUT2D eigenvalue weighted by atomic mass is 9.36. The summed E-state index contributed by atoms with van der Waals surface area (Å²) in [6.45, 7) is 23.5. The van der Waals surface area contributed by atoms with Gasteiger partial charge in [0.15, 0.2) is 0 Å². The quantitative estimate of drug-likeness (QED) is 0.164. The van der Waals surface area contributed by atoms with Crippen molar-refractivity contribution in [3.8, 4) is 0 Å². The van der Waals surface area contributed by atoms with Gasteiger partial charge in [-0.1, -0.05) is 150 Å². The van der Waals surface area contributed by atoms with Crippen molar-refractivity contribution in [2.45, 2.75) is 156 Å². The van der Waals surface area contributed by atoms with Crippen LogP contribution in [0.3, 0.4) is 0 Å². The van der Waals surface area contributed by atoms with E-state index in [9.17, 15) is 21.9 Å². The number of hydrogen-bond acceptors (Lipinski definition) is 4. The van der Waals surface area contributed by atoms with Crippen molar-refractivity contribution in [3.63, 3.8) is 0 Å². The molecule has 0 amide bonds. The molecule has 5 aliphatic rings. The Morgan fingerprint density at radius 1 is 0.574 bits per heavy atom. The van der Waals surface area contributed by atoms with Crippen LogP contribution in [0.1, 0.15) is 172 Å². The molecule has 4 heterocycles. The zero-order valence-electron chi connectivity index (χ0n) is 58.7. The lowest BCUT2D eigenvalue weighted by molar-refractivity contribution is 0.195. The number of hydrogen-bond donors (Lipinski definition) is 0. The highest BCUT2D eigenvalue weighted by Gasteiger charge is 2.58. The SMILES string of the molecule is [2H]c1c([2H])c([2H])c2c(c1[2H])N(c1cc3c4c(c1)N(c1c([2H])c([2H])c(C(C)(C)C)c([2H])c1[2H])c1c(sc5c([2H])c6c(c([2H])c15)CC(C)(C)C6)B4c1c([2H])c([2H])c(C(C)(C)C)c([2H])c1N3c1c([2H])c([2H])c(C(C)(C)C)c([2H])c1[2H])C1(C)CCCCC21C. The third-order valence-electron chi connectivity index (χ3n) is 15.7. The Balaban J connectivity index is 1.37. The van der Waals surface area contributed by atoms with Crippen LogP contribution in [-0.2, 0) is 34.5 Å². The van der Waals surface area contributed by atoms with Crippen LogP contribution >= 0.6 is 11.3 Å². The number of rotatable bonds is 3. The minimum atomic E-state index is -1.15. The van der Waals surface area contributed by atoms with E-state index in [0.717, 1.165) is 12.8 Å². The van der Waals surface area contributed by atoms with E-state index >= 15 is 0 Å². The molecule has 346 valence electrons. The highest BCUT2D eigenvalue weighted by atomic mass is 32.1. The second-order valence-electron chi connectivity index (χ2n) is 24.3. The van der Waals surface area contributed by atoms with Crippen molar-refractivity contribution in [2.24, 2.45) is 5.41 Å². The average molecular weight is 929 g/mol. The van der Waals surface area contributed by atoms with Crippen LogP contribution < -0.4 is 30.4 Å². The first-order valence-electron chi connectivity index (χ1n) is 32.8. The maximum Gasteiger partial charge on any atom is 0.264 e. The van der Waals surface area contributed by atoms with Crippen LogP contribution in [0.2, 0.25) is 0 Å². The van der Waals surface area contributed by atoms with Crippen molar-refractivity contribution < 1.29 is 23.3 Å². The molecule has 0 radical (unpaired) electrons. The second kappa shape index (κ2) is 14.4. The first-order valence-corrected chi connectivity index (χ1v) is 25.1. The Morgan fingerprint density at radius 3 is 1.76 bits per heavy atom.